The van der Waals surface area contributed by atoms with E-state index in [1.165, 1.54) is 0 Å². The lowest BCUT2D eigenvalue weighted by Gasteiger charge is -2.23. The van der Waals surface area contributed by atoms with Crippen LogP contribution in [0.1, 0.15) is 25.7 Å². The normalized spacial score (nSPS) is 15.8. The molecule has 0 radical (unpaired) electrons. The fraction of sp³-hybridized carbons (Fsp3) is 0.643. The zero-order chi connectivity index (χ0) is 17.8. The summed E-state index contributed by atoms with van der Waals surface area (Å²) < 4.78 is 9.16. The highest BCUT2D eigenvalue weighted by Crippen LogP contribution is 2.07. The summed E-state index contributed by atoms with van der Waals surface area (Å²) in [6.45, 7) is 2.62. The van der Waals surface area contributed by atoms with Gasteiger partial charge in [0.05, 0.1) is 6.26 Å². The average molecular weight is 334 g/mol. The van der Waals surface area contributed by atoms with Crippen molar-refractivity contribution in [3.63, 3.8) is 0 Å². The number of carbonyl (C=O) groups excluding carboxylic acids is 3. The van der Waals surface area contributed by atoms with Crippen LogP contribution in [-0.4, -0.2) is 69.7 Å². The molecule has 0 bridgehead atoms. The molecule has 9 heteroatoms. The Bertz CT molecular complexity index is 396. The molecule has 23 heavy (non-hydrogen) atoms. The van der Waals surface area contributed by atoms with Crippen LogP contribution in [0.5, 0.6) is 0 Å². The lowest BCUT2D eigenvalue weighted by molar-refractivity contribution is -0.156. The Labute approximate surface area is 133 Å². The Balaban J connectivity index is 3.93. The van der Waals surface area contributed by atoms with E-state index in [1.807, 2.05) is 0 Å². The Hall–Kier alpha value is -1.81. The number of hydrogen-bond donors (Lipinski definition) is 4. The van der Waals surface area contributed by atoms with Crippen LogP contribution in [0.3, 0.4) is 0 Å². The predicted molar refractivity (Wildman–Crippen MR) is 75.8 cm³/mol. The Morgan fingerprint density at radius 3 is 2.09 bits per heavy atom. The molecule has 4 N–H and O–H groups in total. The van der Waals surface area contributed by atoms with E-state index in [0.717, 1.165) is 6.26 Å². The van der Waals surface area contributed by atoms with Gasteiger partial charge in [0.2, 0.25) is 0 Å². The van der Waals surface area contributed by atoms with E-state index in [4.69, 9.17) is 5.11 Å². The van der Waals surface area contributed by atoms with Crippen molar-refractivity contribution < 1.29 is 44.3 Å². The minimum absolute atomic E-state index is 0.00396. The van der Waals surface area contributed by atoms with Crippen LogP contribution >= 0.6 is 0 Å². The van der Waals surface area contributed by atoms with E-state index in [-0.39, 0.29) is 19.1 Å². The van der Waals surface area contributed by atoms with Crippen molar-refractivity contribution in [3.05, 3.63) is 12.8 Å². The van der Waals surface area contributed by atoms with Crippen molar-refractivity contribution in [2.75, 3.05) is 6.61 Å². The van der Waals surface area contributed by atoms with Crippen LogP contribution in [0, 0.1) is 0 Å². The maximum absolute atomic E-state index is 11.4. The Morgan fingerprint density at radius 2 is 1.57 bits per heavy atom. The quantitative estimate of drug-likeness (QED) is 0.143. The highest BCUT2D eigenvalue weighted by atomic mass is 16.5. The minimum Gasteiger partial charge on any atom is -0.463 e. The molecule has 0 fully saturated rings. The fourth-order valence-electron chi connectivity index (χ4n) is 1.55. The molecule has 4 atom stereocenters. The maximum Gasteiger partial charge on any atom is 0.310 e. The zero-order valence-electron chi connectivity index (χ0n) is 12.5. The SMILES string of the molecule is C=COC(=O)CCCCC(=O)OC[C@@H](O)[C@@H](O)[C@H](O)[C@@H](O)C=O. The molecule has 0 rings (SSSR count). The van der Waals surface area contributed by atoms with Crippen LogP contribution in [0.4, 0.5) is 0 Å². The number of hydrogen-bond acceptors (Lipinski definition) is 9. The molecule has 0 unspecified atom stereocenters. The van der Waals surface area contributed by atoms with Gasteiger partial charge in [0, 0.05) is 12.8 Å². The van der Waals surface area contributed by atoms with Crippen molar-refractivity contribution in [1.82, 2.24) is 0 Å². The second-order valence-corrected chi connectivity index (χ2v) is 4.72. The molecule has 0 saturated carbocycles. The monoisotopic (exact) mass is 334 g/mol. The fourth-order valence-corrected chi connectivity index (χ4v) is 1.55. The largest absolute Gasteiger partial charge is 0.463 e. The van der Waals surface area contributed by atoms with E-state index in [1.54, 1.807) is 0 Å². The van der Waals surface area contributed by atoms with Gasteiger partial charge in [0.15, 0.2) is 6.29 Å². The third-order valence-electron chi connectivity index (χ3n) is 2.88. The third-order valence-corrected chi connectivity index (χ3v) is 2.88. The molecule has 0 aromatic rings. The predicted octanol–water partition coefficient (Wildman–Crippen LogP) is -1.58. The molecule has 0 aliphatic carbocycles. The second-order valence-electron chi connectivity index (χ2n) is 4.72. The first kappa shape index (κ1) is 21.2. The standard InChI is InChI=1S/C14H22O9/c1-2-22-11(18)5-3-4-6-12(19)23-8-10(17)14(21)13(20)9(16)7-15/h2,7,9-10,13-14,16-17,20-21H,1,3-6,8H2/t9-,10+,13+,14+/m0/s1. The molecule has 132 valence electrons. The van der Waals surface area contributed by atoms with Crippen LogP contribution < -0.4 is 0 Å². The number of carbonyl (C=O) groups is 3. The van der Waals surface area contributed by atoms with Gasteiger partial charge in [-0.2, -0.15) is 0 Å². The topological polar surface area (TPSA) is 151 Å². The number of ether oxygens (including phenoxy) is 2. The van der Waals surface area contributed by atoms with Crippen LogP contribution in [-0.2, 0) is 23.9 Å². The van der Waals surface area contributed by atoms with E-state index >= 15 is 0 Å². The molecule has 9 nitrogen and oxygen atoms in total. The first-order valence-electron chi connectivity index (χ1n) is 6.97. The van der Waals surface area contributed by atoms with Gasteiger partial charge >= 0.3 is 11.9 Å². The van der Waals surface area contributed by atoms with Gasteiger partial charge in [0.1, 0.15) is 31.0 Å². The van der Waals surface area contributed by atoms with Crippen LogP contribution in [0.25, 0.3) is 0 Å². The number of aliphatic hydroxyl groups is 4. The number of aliphatic hydroxyl groups excluding tert-OH is 4. The number of unbranched alkanes of at least 4 members (excludes halogenated alkanes) is 1. The summed E-state index contributed by atoms with van der Waals surface area (Å²) in [6, 6.07) is 0. The average Bonchev–Trinajstić information content (AvgIpc) is 2.54. The van der Waals surface area contributed by atoms with Gasteiger partial charge in [-0.15, -0.1) is 0 Å². The summed E-state index contributed by atoms with van der Waals surface area (Å²) in [5.74, 6) is -1.13. The minimum atomic E-state index is -1.89. The summed E-state index contributed by atoms with van der Waals surface area (Å²) in [7, 11) is 0. The van der Waals surface area contributed by atoms with Gasteiger partial charge in [-0.1, -0.05) is 6.58 Å². The highest BCUT2D eigenvalue weighted by Gasteiger charge is 2.30. The van der Waals surface area contributed by atoms with Gasteiger partial charge in [-0.25, -0.2) is 0 Å². The molecule has 0 aromatic heterocycles. The number of aldehydes is 1. The maximum atomic E-state index is 11.4. The van der Waals surface area contributed by atoms with Crippen molar-refractivity contribution in [2.24, 2.45) is 0 Å². The summed E-state index contributed by atoms with van der Waals surface area (Å²) in [5.41, 5.74) is 0. The number of esters is 2. The van der Waals surface area contributed by atoms with Crippen molar-refractivity contribution in [1.29, 1.82) is 0 Å². The van der Waals surface area contributed by atoms with Gasteiger partial charge in [0.25, 0.3) is 0 Å². The molecule has 0 aromatic carbocycles. The summed E-state index contributed by atoms with van der Waals surface area (Å²) in [6.07, 6.45) is -5.37. The lowest BCUT2D eigenvalue weighted by atomic mass is 10.0. The van der Waals surface area contributed by atoms with Gasteiger partial charge < -0.3 is 34.7 Å². The lowest BCUT2D eigenvalue weighted by Crippen LogP contribution is -2.46. The van der Waals surface area contributed by atoms with E-state index in [2.05, 4.69) is 16.1 Å². The van der Waals surface area contributed by atoms with E-state index < -0.39 is 43.0 Å². The first-order chi connectivity index (χ1) is 10.8. The molecular formula is C14H22O9. The second kappa shape index (κ2) is 11.7. The smallest absolute Gasteiger partial charge is 0.310 e. The van der Waals surface area contributed by atoms with Crippen molar-refractivity contribution >= 4 is 18.2 Å². The van der Waals surface area contributed by atoms with E-state index in [9.17, 15) is 29.7 Å². The van der Waals surface area contributed by atoms with Crippen LogP contribution in [0.2, 0.25) is 0 Å². The molecular weight excluding hydrogens is 312 g/mol. The van der Waals surface area contributed by atoms with Gasteiger partial charge in [-0.05, 0) is 12.8 Å². The van der Waals surface area contributed by atoms with E-state index in [0.29, 0.717) is 12.8 Å². The van der Waals surface area contributed by atoms with Crippen molar-refractivity contribution in [2.45, 2.75) is 50.1 Å². The van der Waals surface area contributed by atoms with Crippen molar-refractivity contribution in [3.8, 4) is 0 Å². The third kappa shape index (κ3) is 9.04. The molecule has 0 spiro atoms. The molecule has 0 saturated heterocycles. The first-order valence-corrected chi connectivity index (χ1v) is 6.97. The van der Waals surface area contributed by atoms with Crippen LogP contribution in [0.15, 0.2) is 12.8 Å². The Kier molecular flexibility index (Phi) is 10.8. The van der Waals surface area contributed by atoms with Gasteiger partial charge in [-0.3, -0.25) is 9.59 Å². The molecule has 0 aliphatic heterocycles. The molecule has 0 heterocycles. The zero-order valence-corrected chi connectivity index (χ0v) is 12.5. The summed E-state index contributed by atoms with van der Waals surface area (Å²) in [5, 5.41) is 37.3. The summed E-state index contributed by atoms with van der Waals surface area (Å²) >= 11 is 0. The Morgan fingerprint density at radius 1 is 1.00 bits per heavy atom. The highest BCUT2D eigenvalue weighted by molar-refractivity contribution is 5.70. The molecule has 0 aliphatic rings. The summed E-state index contributed by atoms with van der Waals surface area (Å²) in [4.78, 5) is 32.6. The number of rotatable bonds is 12. The molecule has 0 amide bonds.